The molecule has 0 radical (unpaired) electrons. The normalized spacial score (nSPS) is 10.7. The van der Waals surface area contributed by atoms with Crippen LogP contribution < -0.4 is 5.32 Å². The monoisotopic (exact) mass is 261 g/mol. The number of nitrogens with zero attached hydrogens (tertiary/aromatic N) is 2. The minimum Gasteiger partial charge on any atom is -0.465 e. The second kappa shape index (κ2) is 5.09. The number of carbonyl (C=O) groups is 2. The fourth-order valence-electron chi connectivity index (χ4n) is 1.63. The number of ether oxygens (including phenoxy) is 1. The Hall–Kier alpha value is -2.37. The number of nitrogens with one attached hydrogen (secondary N) is 1. The SMILES string of the molecule is COC(=O)c1cc(NC(=O)C(C)C)c2nccn2c1. The molecule has 100 valence electrons. The van der Waals surface area contributed by atoms with Gasteiger partial charge in [-0.05, 0) is 6.07 Å². The number of pyridine rings is 1. The molecule has 0 spiro atoms. The van der Waals surface area contributed by atoms with Gasteiger partial charge in [0.25, 0.3) is 0 Å². The van der Waals surface area contributed by atoms with Crippen molar-refractivity contribution in [3.05, 3.63) is 30.2 Å². The minimum atomic E-state index is -0.462. The molecule has 1 N–H and O–H groups in total. The van der Waals surface area contributed by atoms with Crippen LogP contribution in [0.2, 0.25) is 0 Å². The maximum absolute atomic E-state index is 11.8. The third-order valence-corrected chi connectivity index (χ3v) is 2.69. The van der Waals surface area contributed by atoms with Gasteiger partial charge < -0.3 is 14.5 Å². The molecule has 6 nitrogen and oxygen atoms in total. The molecule has 2 rings (SSSR count). The number of hydrogen-bond acceptors (Lipinski definition) is 4. The van der Waals surface area contributed by atoms with Crippen LogP contribution in [0.1, 0.15) is 24.2 Å². The molecule has 6 heteroatoms. The number of carbonyl (C=O) groups excluding carboxylic acids is 2. The lowest BCUT2D eigenvalue weighted by molar-refractivity contribution is -0.118. The Balaban J connectivity index is 2.48. The molecule has 2 heterocycles. The highest BCUT2D eigenvalue weighted by molar-refractivity contribution is 5.98. The van der Waals surface area contributed by atoms with Crippen LogP contribution in [-0.2, 0) is 9.53 Å². The summed E-state index contributed by atoms with van der Waals surface area (Å²) in [5, 5.41) is 2.76. The first kappa shape index (κ1) is 13.1. The van der Waals surface area contributed by atoms with E-state index >= 15 is 0 Å². The zero-order valence-corrected chi connectivity index (χ0v) is 11.0. The predicted octanol–water partition coefficient (Wildman–Crippen LogP) is 1.72. The Morgan fingerprint density at radius 1 is 1.42 bits per heavy atom. The van der Waals surface area contributed by atoms with Gasteiger partial charge in [0.1, 0.15) is 0 Å². The maximum Gasteiger partial charge on any atom is 0.339 e. The van der Waals surface area contributed by atoms with E-state index in [9.17, 15) is 9.59 Å². The second-order valence-electron chi connectivity index (χ2n) is 4.44. The van der Waals surface area contributed by atoms with Crippen molar-refractivity contribution in [3.8, 4) is 0 Å². The highest BCUT2D eigenvalue weighted by Gasteiger charge is 2.14. The first-order chi connectivity index (χ1) is 9.02. The summed E-state index contributed by atoms with van der Waals surface area (Å²) >= 11 is 0. The largest absolute Gasteiger partial charge is 0.465 e. The van der Waals surface area contributed by atoms with Crippen LogP contribution in [0.4, 0.5) is 5.69 Å². The van der Waals surface area contributed by atoms with Gasteiger partial charge in [-0.15, -0.1) is 0 Å². The number of amides is 1. The van der Waals surface area contributed by atoms with Crippen LogP contribution in [0, 0.1) is 5.92 Å². The number of rotatable bonds is 3. The van der Waals surface area contributed by atoms with E-state index in [2.05, 4.69) is 15.0 Å². The summed E-state index contributed by atoms with van der Waals surface area (Å²) in [6.45, 7) is 3.59. The number of aromatic nitrogens is 2. The van der Waals surface area contributed by atoms with E-state index in [1.165, 1.54) is 7.11 Å². The summed E-state index contributed by atoms with van der Waals surface area (Å²) in [7, 11) is 1.31. The van der Waals surface area contributed by atoms with Gasteiger partial charge in [-0.2, -0.15) is 0 Å². The number of esters is 1. The maximum atomic E-state index is 11.8. The van der Waals surface area contributed by atoms with Crippen molar-refractivity contribution in [1.82, 2.24) is 9.38 Å². The molecule has 0 saturated heterocycles. The number of imidazole rings is 1. The highest BCUT2D eigenvalue weighted by atomic mass is 16.5. The van der Waals surface area contributed by atoms with E-state index in [1.807, 2.05) is 0 Å². The first-order valence-electron chi connectivity index (χ1n) is 5.89. The number of anilines is 1. The lowest BCUT2D eigenvalue weighted by Crippen LogP contribution is -2.19. The molecule has 0 aliphatic rings. The molecule has 0 aromatic carbocycles. The van der Waals surface area contributed by atoms with Gasteiger partial charge in [-0.3, -0.25) is 4.79 Å². The van der Waals surface area contributed by atoms with E-state index in [-0.39, 0.29) is 11.8 Å². The Bertz CT molecular complexity index is 631. The summed E-state index contributed by atoms with van der Waals surface area (Å²) < 4.78 is 6.35. The van der Waals surface area contributed by atoms with Crippen molar-refractivity contribution < 1.29 is 14.3 Å². The Morgan fingerprint density at radius 2 is 2.16 bits per heavy atom. The van der Waals surface area contributed by atoms with Crippen LogP contribution in [0.25, 0.3) is 5.65 Å². The van der Waals surface area contributed by atoms with Crippen molar-refractivity contribution in [2.45, 2.75) is 13.8 Å². The van der Waals surface area contributed by atoms with Crippen LogP contribution in [-0.4, -0.2) is 28.4 Å². The lowest BCUT2D eigenvalue weighted by atomic mass is 10.2. The van der Waals surface area contributed by atoms with Crippen molar-refractivity contribution >= 4 is 23.2 Å². The lowest BCUT2D eigenvalue weighted by Gasteiger charge is -2.10. The molecule has 1 amide bonds. The van der Waals surface area contributed by atoms with Crippen LogP contribution in [0.3, 0.4) is 0 Å². The molecule has 0 unspecified atom stereocenters. The Kier molecular flexibility index (Phi) is 3.50. The van der Waals surface area contributed by atoms with Gasteiger partial charge in [0.05, 0.1) is 18.4 Å². The third-order valence-electron chi connectivity index (χ3n) is 2.69. The van der Waals surface area contributed by atoms with E-state index in [0.29, 0.717) is 16.9 Å². The summed E-state index contributed by atoms with van der Waals surface area (Å²) in [4.78, 5) is 27.5. The summed E-state index contributed by atoms with van der Waals surface area (Å²) in [6.07, 6.45) is 4.91. The Labute approximate surface area is 110 Å². The third kappa shape index (κ3) is 2.57. The van der Waals surface area contributed by atoms with E-state index in [1.54, 1.807) is 42.9 Å². The molecular formula is C13H15N3O3. The van der Waals surface area contributed by atoms with Gasteiger partial charge in [-0.25, -0.2) is 9.78 Å². The molecule has 0 atom stereocenters. The highest BCUT2D eigenvalue weighted by Crippen LogP contribution is 2.19. The molecule has 0 aliphatic heterocycles. The topological polar surface area (TPSA) is 72.7 Å². The molecular weight excluding hydrogens is 246 g/mol. The van der Waals surface area contributed by atoms with Crippen molar-refractivity contribution in [3.63, 3.8) is 0 Å². The molecule has 19 heavy (non-hydrogen) atoms. The molecule has 0 bridgehead atoms. The van der Waals surface area contributed by atoms with Crippen LogP contribution in [0.5, 0.6) is 0 Å². The molecule has 0 fully saturated rings. The van der Waals surface area contributed by atoms with Crippen LogP contribution >= 0.6 is 0 Å². The van der Waals surface area contributed by atoms with Gasteiger partial charge >= 0.3 is 5.97 Å². The summed E-state index contributed by atoms with van der Waals surface area (Å²) in [6, 6.07) is 1.56. The summed E-state index contributed by atoms with van der Waals surface area (Å²) in [5.41, 5.74) is 1.43. The smallest absolute Gasteiger partial charge is 0.339 e. The molecule has 2 aromatic rings. The van der Waals surface area contributed by atoms with Gasteiger partial charge in [-0.1, -0.05) is 13.8 Å². The predicted molar refractivity (Wildman–Crippen MR) is 70.0 cm³/mol. The van der Waals surface area contributed by atoms with Crippen molar-refractivity contribution in [2.75, 3.05) is 12.4 Å². The average molecular weight is 261 g/mol. The standard InChI is InChI=1S/C13H15N3O3/c1-8(2)12(17)15-10-6-9(13(18)19-3)7-16-5-4-14-11(10)16/h4-8H,1-3H3,(H,15,17). The number of methoxy groups -OCH3 is 1. The van der Waals surface area contributed by atoms with E-state index in [0.717, 1.165) is 0 Å². The van der Waals surface area contributed by atoms with Gasteiger partial charge in [0, 0.05) is 24.5 Å². The van der Waals surface area contributed by atoms with Gasteiger partial charge in [0.15, 0.2) is 5.65 Å². The number of hydrogen-bond donors (Lipinski definition) is 1. The quantitative estimate of drug-likeness (QED) is 0.854. The zero-order chi connectivity index (χ0) is 14.0. The average Bonchev–Trinajstić information content (AvgIpc) is 2.85. The van der Waals surface area contributed by atoms with Crippen molar-refractivity contribution in [2.24, 2.45) is 5.92 Å². The van der Waals surface area contributed by atoms with Gasteiger partial charge in [0.2, 0.25) is 5.91 Å². The second-order valence-corrected chi connectivity index (χ2v) is 4.44. The fourth-order valence-corrected chi connectivity index (χ4v) is 1.63. The molecule has 0 saturated carbocycles. The van der Waals surface area contributed by atoms with Crippen LogP contribution in [0.15, 0.2) is 24.7 Å². The molecule has 2 aromatic heterocycles. The Morgan fingerprint density at radius 3 is 2.79 bits per heavy atom. The summed E-state index contributed by atoms with van der Waals surface area (Å²) in [5.74, 6) is -0.751. The molecule has 0 aliphatic carbocycles. The van der Waals surface area contributed by atoms with E-state index < -0.39 is 5.97 Å². The number of fused-ring (bicyclic) bond motifs is 1. The minimum absolute atomic E-state index is 0.132. The first-order valence-corrected chi connectivity index (χ1v) is 5.89. The van der Waals surface area contributed by atoms with E-state index in [4.69, 9.17) is 0 Å². The van der Waals surface area contributed by atoms with Crippen molar-refractivity contribution in [1.29, 1.82) is 0 Å². The zero-order valence-electron chi connectivity index (χ0n) is 11.0. The fraction of sp³-hybridized carbons (Fsp3) is 0.308.